The molecule has 0 unspecified atom stereocenters. The van der Waals surface area contributed by atoms with Gasteiger partial charge in [0.2, 0.25) is 0 Å². The van der Waals surface area contributed by atoms with E-state index in [1.807, 2.05) is 42.5 Å². The molecule has 0 saturated carbocycles. The number of esters is 1. The number of hydrogen-bond donors (Lipinski definition) is 0. The van der Waals surface area contributed by atoms with Gasteiger partial charge in [-0.1, -0.05) is 48.5 Å². The van der Waals surface area contributed by atoms with Crippen LogP contribution in [0.1, 0.15) is 33.2 Å². The molecule has 0 bridgehead atoms. The summed E-state index contributed by atoms with van der Waals surface area (Å²) in [4.78, 5) is 24.3. The van der Waals surface area contributed by atoms with Crippen molar-refractivity contribution in [3.63, 3.8) is 0 Å². The maximum absolute atomic E-state index is 12.7. The van der Waals surface area contributed by atoms with Crippen LogP contribution in [0, 0.1) is 0 Å². The van der Waals surface area contributed by atoms with E-state index in [0.717, 1.165) is 11.1 Å². The van der Waals surface area contributed by atoms with Crippen LogP contribution in [0.5, 0.6) is 5.75 Å². The number of hydrogen-bond acceptors (Lipinski definition) is 4. The van der Waals surface area contributed by atoms with Crippen molar-refractivity contribution < 1.29 is 19.1 Å². The van der Waals surface area contributed by atoms with E-state index in [-0.39, 0.29) is 12.4 Å². The van der Waals surface area contributed by atoms with Crippen LogP contribution >= 0.6 is 0 Å². The Morgan fingerprint density at radius 1 is 0.889 bits per heavy atom. The van der Waals surface area contributed by atoms with Crippen molar-refractivity contribution in [3.05, 3.63) is 89.5 Å². The van der Waals surface area contributed by atoms with E-state index >= 15 is 0 Å². The van der Waals surface area contributed by atoms with Gasteiger partial charge in [-0.25, -0.2) is 4.79 Å². The number of ketones is 1. The predicted octanol–water partition coefficient (Wildman–Crippen LogP) is 4.92. The van der Waals surface area contributed by atoms with Crippen LogP contribution < -0.4 is 4.74 Å². The fourth-order valence-electron chi connectivity index (χ4n) is 2.86. The molecule has 3 aromatic rings. The first kappa shape index (κ1) is 18.4. The summed E-state index contributed by atoms with van der Waals surface area (Å²) in [5, 5.41) is 0. The number of carbonyl (C=O) groups is 2. The average Bonchev–Trinajstić information content (AvgIpc) is 2.72. The van der Waals surface area contributed by atoms with Gasteiger partial charge in [-0.2, -0.15) is 0 Å². The van der Waals surface area contributed by atoms with Crippen LogP contribution in [0.25, 0.3) is 11.1 Å². The Morgan fingerprint density at radius 3 is 2.30 bits per heavy atom. The fourth-order valence-corrected chi connectivity index (χ4v) is 2.86. The lowest BCUT2D eigenvalue weighted by Crippen LogP contribution is -2.08. The van der Waals surface area contributed by atoms with Crippen molar-refractivity contribution in [3.8, 4) is 16.9 Å². The molecule has 0 spiro atoms. The summed E-state index contributed by atoms with van der Waals surface area (Å²) in [6.45, 7) is 1.51. The van der Waals surface area contributed by atoms with Gasteiger partial charge < -0.3 is 9.47 Å². The molecule has 0 aliphatic rings. The van der Waals surface area contributed by atoms with E-state index in [9.17, 15) is 9.59 Å². The Labute approximate surface area is 158 Å². The van der Waals surface area contributed by atoms with Gasteiger partial charge in [-0.05, 0) is 42.3 Å². The van der Waals surface area contributed by atoms with Crippen molar-refractivity contribution in [2.24, 2.45) is 0 Å². The Morgan fingerprint density at radius 2 is 1.59 bits per heavy atom. The van der Waals surface area contributed by atoms with Crippen molar-refractivity contribution >= 4 is 11.8 Å². The summed E-state index contributed by atoms with van der Waals surface area (Å²) in [5.74, 6) is 0.0912. The Hall–Kier alpha value is -3.40. The molecule has 0 heterocycles. The van der Waals surface area contributed by atoms with Crippen LogP contribution in [-0.4, -0.2) is 18.9 Å². The molecule has 0 N–H and O–H groups in total. The number of methoxy groups -OCH3 is 1. The van der Waals surface area contributed by atoms with Crippen LogP contribution in [0.2, 0.25) is 0 Å². The highest BCUT2D eigenvalue weighted by Crippen LogP contribution is 2.26. The van der Waals surface area contributed by atoms with Gasteiger partial charge in [0.15, 0.2) is 5.78 Å². The summed E-state index contributed by atoms with van der Waals surface area (Å²) in [7, 11) is 1.54. The molecular weight excluding hydrogens is 340 g/mol. The minimum atomic E-state index is -0.426. The van der Waals surface area contributed by atoms with E-state index in [1.165, 1.54) is 6.92 Å². The highest BCUT2D eigenvalue weighted by Gasteiger charge is 2.15. The van der Waals surface area contributed by atoms with E-state index in [2.05, 4.69) is 0 Å². The van der Waals surface area contributed by atoms with Gasteiger partial charge in [-0.3, -0.25) is 4.79 Å². The van der Waals surface area contributed by atoms with Gasteiger partial charge in [0.25, 0.3) is 0 Å². The molecule has 0 atom stereocenters. The zero-order valence-corrected chi connectivity index (χ0v) is 15.3. The van der Waals surface area contributed by atoms with Gasteiger partial charge in [-0.15, -0.1) is 0 Å². The molecule has 0 aliphatic carbocycles. The maximum atomic E-state index is 12.7. The smallest absolute Gasteiger partial charge is 0.339 e. The second-order valence-corrected chi connectivity index (χ2v) is 6.07. The third-order valence-electron chi connectivity index (χ3n) is 4.28. The zero-order chi connectivity index (χ0) is 19.2. The van der Waals surface area contributed by atoms with Gasteiger partial charge in [0.05, 0.1) is 12.7 Å². The molecule has 0 amide bonds. The molecule has 4 nitrogen and oxygen atoms in total. The number of ether oxygens (including phenoxy) is 2. The van der Waals surface area contributed by atoms with Crippen LogP contribution in [0.3, 0.4) is 0 Å². The SMILES string of the molecule is COc1ccc(C(C)=O)cc1COC(=O)c1ccccc1-c1ccccc1. The standard InChI is InChI=1S/C23H20O4/c1-16(24)18-12-13-22(26-2)19(14-18)15-27-23(25)21-11-7-6-10-20(21)17-8-4-3-5-9-17/h3-14H,15H2,1-2H3. The molecule has 136 valence electrons. The Balaban J connectivity index is 1.84. The van der Waals surface area contributed by atoms with Crippen molar-refractivity contribution in [2.45, 2.75) is 13.5 Å². The molecule has 4 heteroatoms. The first-order valence-electron chi connectivity index (χ1n) is 8.59. The summed E-state index contributed by atoms with van der Waals surface area (Å²) in [6.07, 6.45) is 0. The summed E-state index contributed by atoms with van der Waals surface area (Å²) in [6, 6.07) is 22.1. The normalized spacial score (nSPS) is 10.3. The summed E-state index contributed by atoms with van der Waals surface area (Å²) >= 11 is 0. The molecule has 0 saturated heterocycles. The largest absolute Gasteiger partial charge is 0.496 e. The van der Waals surface area contributed by atoms with Gasteiger partial charge >= 0.3 is 5.97 Å². The highest BCUT2D eigenvalue weighted by molar-refractivity contribution is 5.97. The minimum Gasteiger partial charge on any atom is -0.496 e. The maximum Gasteiger partial charge on any atom is 0.339 e. The van der Waals surface area contributed by atoms with E-state index < -0.39 is 5.97 Å². The van der Waals surface area contributed by atoms with E-state index in [0.29, 0.717) is 22.4 Å². The molecule has 0 radical (unpaired) electrons. The number of carbonyl (C=O) groups excluding carboxylic acids is 2. The Bertz CT molecular complexity index is 961. The lowest BCUT2D eigenvalue weighted by Gasteiger charge is -2.12. The highest BCUT2D eigenvalue weighted by atomic mass is 16.5. The van der Waals surface area contributed by atoms with Crippen molar-refractivity contribution in [1.29, 1.82) is 0 Å². The molecular formula is C23H20O4. The lowest BCUT2D eigenvalue weighted by molar-refractivity contribution is 0.0471. The molecule has 0 aliphatic heterocycles. The average molecular weight is 360 g/mol. The van der Waals surface area contributed by atoms with Gasteiger partial charge in [0, 0.05) is 11.1 Å². The van der Waals surface area contributed by atoms with Crippen LogP contribution in [-0.2, 0) is 11.3 Å². The second kappa shape index (κ2) is 8.32. The third-order valence-corrected chi connectivity index (χ3v) is 4.28. The molecule has 27 heavy (non-hydrogen) atoms. The number of benzene rings is 3. The first-order valence-corrected chi connectivity index (χ1v) is 8.59. The molecule has 0 aromatic heterocycles. The lowest BCUT2D eigenvalue weighted by atomic mass is 10.00. The van der Waals surface area contributed by atoms with Crippen LogP contribution in [0.4, 0.5) is 0 Å². The molecule has 3 aromatic carbocycles. The fraction of sp³-hybridized carbons (Fsp3) is 0.130. The first-order chi connectivity index (χ1) is 13.1. The van der Waals surface area contributed by atoms with Crippen LogP contribution in [0.15, 0.2) is 72.8 Å². The molecule has 3 rings (SSSR count). The topological polar surface area (TPSA) is 52.6 Å². The number of rotatable bonds is 6. The zero-order valence-electron chi connectivity index (χ0n) is 15.3. The minimum absolute atomic E-state index is 0.0201. The Kier molecular flexibility index (Phi) is 5.67. The van der Waals surface area contributed by atoms with Crippen molar-refractivity contribution in [2.75, 3.05) is 7.11 Å². The quantitative estimate of drug-likeness (QED) is 0.462. The molecule has 0 fully saturated rings. The van der Waals surface area contributed by atoms with Crippen molar-refractivity contribution in [1.82, 2.24) is 0 Å². The monoisotopic (exact) mass is 360 g/mol. The van der Waals surface area contributed by atoms with E-state index in [4.69, 9.17) is 9.47 Å². The van der Waals surface area contributed by atoms with E-state index in [1.54, 1.807) is 37.4 Å². The summed E-state index contributed by atoms with van der Waals surface area (Å²) < 4.78 is 10.8. The number of Topliss-reactive ketones (excluding diaryl/α,β-unsaturated/α-hetero) is 1. The predicted molar refractivity (Wildman–Crippen MR) is 104 cm³/mol. The van der Waals surface area contributed by atoms with Gasteiger partial charge in [0.1, 0.15) is 12.4 Å². The second-order valence-electron chi connectivity index (χ2n) is 6.07. The summed E-state index contributed by atoms with van der Waals surface area (Å²) in [5.41, 5.74) is 3.45. The third kappa shape index (κ3) is 4.23.